The van der Waals surface area contributed by atoms with Crippen molar-refractivity contribution in [3.05, 3.63) is 23.8 Å². The van der Waals surface area contributed by atoms with Gasteiger partial charge in [0, 0.05) is 13.0 Å². The lowest BCUT2D eigenvalue weighted by molar-refractivity contribution is -0.137. The zero-order chi connectivity index (χ0) is 14.2. The summed E-state index contributed by atoms with van der Waals surface area (Å²) in [7, 11) is 0. The average Bonchev–Trinajstić information content (AvgIpc) is 2.69. The molecule has 1 aliphatic rings. The van der Waals surface area contributed by atoms with Crippen LogP contribution in [0.15, 0.2) is 18.2 Å². The fraction of sp³-hybridized carbons (Fsp3) is 0.417. The molecule has 1 amide bonds. The largest absolute Gasteiger partial charge is 0.416 e. The topological polar surface area (TPSA) is 72.4 Å². The van der Waals surface area contributed by atoms with Crippen molar-refractivity contribution in [3.8, 4) is 0 Å². The van der Waals surface area contributed by atoms with E-state index in [0.29, 0.717) is 13.1 Å². The molecule has 1 aliphatic heterocycles. The van der Waals surface area contributed by atoms with Crippen LogP contribution < -0.4 is 16.4 Å². The molecule has 0 aliphatic carbocycles. The van der Waals surface area contributed by atoms with E-state index in [2.05, 4.69) is 0 Å². The molecular formula is C12H14F3N3O. The Morgan fingerprint density at radius 1 is 1.37 bits per heavy atom. The van der Waals surface area contributed by atoms with Gasteiger partial charge in [-0.05, 0) is 30.7 Å². The number of nitrogens with zero attached hydrogens (tertiary/aromatic N) is 1. The van der Waals surface area contributed by atoms with Crippen LogP contribution in [0, 0.1) is 5.92 Å². The Morgan fingerprint density at radius 2 is 2.05 bits per heavy atom. The molecule has 104 valence electrons. The van der Waals surface area contributed by atoms with Crippen LogP contribution in [0.1, 0.15) is 12.0 Å². The number of hydrogen-bond donors (Lipinski definition) is 2. The quantitative estimate of drug-likeness (QED) is 0.804. The number of carbonyl (C=O) groups excluding carboxylic acids is 1. The summed E-state index contributed by atoms with van der Waals surface area (Å²) in [6.45, 7) is 0.627. The lowest BCUT2D eigenvalue weighted by Crippen LogP contribution is -2.27. The van der Waals surface area contributed by atoms with Gasteiger partial charge in [0.2, 0.25) is 5.91 Å². The van der Waals surface area contributed by atoms with Gasteiger partial charge < -0.3 is 16.4 Å². The third-order valence-electron chi connectivity index (χ3n) is 3.19. The molecule has 1 aromatic carbocycles. The van der Waals surface area contributed by atoms with Crippen molar-refractivity contribution < 1.29 is 18.0 Å². The van der Waals surface area contributed by atoms with E-state index in [1.165, 1.54) is 11.0 Å². The van der Waals surface area contributed by atoms with E-state index >= 15 is 0 Å². The lowest BCUT2D eigenvalue weighted by atomic mass is 10.1. The highest BCUT2D eigenvalue weighted by atomic mass is 19.4. The van der Waals surface area contributed by atoms with Crippen molar-refractivity contribution in [1.29, 1.82) is 0 Å². The second-order valence-corrected chi connectivity index (χ2v) is 4.58. The van der Waals surface area contributed by atoms with Crippen molar-refractivity contribution in [2.75, 3.05) is 23.7 Å². The molecule has 1 atom stereocenters. The molecule has 0 aromatic heterocycles. The third-order valence-corrected chi connectivity index (χ3v) is 3.19. The molecule has 1 aromatic rings. The molecule has 2 rings (SSSR count). The second-order valence-electron chi connectivity index (χ2n) is 4.58. The maximum atomic E-state index is 12.7. The summed E-state index contributed by atoms with van der Waals surface area (Å²) in [5, 5.41) is 0. The number of nitrogens with two attached hydrogens (primary N) is 2. The van der Waals surface area contributed by atoms with Crippen LogP contribution in [-0.4, -0.2) is 19.0 Å². The Balaban J connectivity index is 2.37. The summed E-state index contributed by atoms with van der Waals surface area (Å²) in [6.07, 6.45) is -4.22. The standard InChI is InChI=1S/C12H14F3N3O/c13-12(14,15)8-1-2-9(17)10(4-8)18-6-7(5-16)3-11(18)19/h1-2,4,7H,3,5-6,16-17H2. The first-order valence-electron chi connectivity index (χ1n) is 5.80. The summed E-state index contributed by atoms with van der Waals surface area (Å²) in [5.74, 6) is -0.289. The Morgan fingerprint density at radius 3 is 2.58 bits per heavy atom. The molecule has 1 fully saturated rings. The Labute approximate surface area is 108 Å². The predicted molar refractivity (Wildman–Crippen MR) is 65.4 cm³/mol. The average molecular weight is 273 g/mol. The van der Waals surface area contributed by atoms with E-state index in [1.54, 1.807) is 0 Å². The van der Waals surface area contributed by atoms with E-state index in [0.717, 1.165) is 12.1 Å². The van der Waals surface area contributed by atoms with Gasteiger partial charge in [-0.2, -0.15) is 13.2 Å². The van der Waals surface area contributed by atoms with Crippen LogP contribution in [0.4, 0.5) is 24.5 Å². The highest BCUT2D eigenvalue weighted by molar-refractivity contribution is 5.98. The summed E-state index contributed by atoms with van der Waals surface area (Å²) in [4.78, 5) is 13.1. The monoisotopic (exact) mass is 273 g/mol. The minimum Gasteiger partial charge on any atom is -0.397 e. The Hall–Kier alpha value is -1.76. The molecule has 0 bridgehead atoms. The first kappa shape index (κ1) is 13.7. The SMILES string of the molecule is NCC1CC(=O)N(c2cc(C(F)(F)F)ccc2N)C1. The molecule has 19 heavy (non-hydrogen) atoms. The zero-order valence-corrected chi connectivity index (χ0v) is 10.1. The number of rotatable bonds is 2. The van der Waals surface area contributed by atoms with Crippen molar-refractivity contribution in [2.45, 2.75) is 12.6 Å². The van der Waals surface area contributed by atoms with Gasteiger partial charge in [0.1, 0.15) is 0 Å². The van der Waals surface area contributed by atoms with Crippen molar-refractivity contribution in [1.82, 2.24) is 0 Å². The van der Waals surface area contributed by atoms with E-state index in [-0.39, 0.29) is 29.6 Å². The lowest BCUT2D eigenvalue weighted by Gasteiger charge is -2.20. The summed E-state index contributed by atoms with van der Waals surface area (Å²) in [5.41, 5.74) is 10.6. The number of nitrogen functional groups attached to an aromatic ring is 1. The first-order chi connectivity index (χ1) is 8.82. The van der Waals surface area contributed by atoms with Crippen LogP contribution in [0.25, 0.3) is 0 Å². The van der Waals surface area contributed by atoms with Gasteiger partial charge in [0.25, 0.3) is 0 Å². The van der Waals surface area contributed by atoms with E-state index in [1.807, 2.05) is 0 Å². The minimum atomic E-state index is -4.46. The smallest absolute Gasteiger partial charge is 0.397 e. The molecule has 1 heterocycles. The van der Waals surface area contributed by atoms with Crippen LogP contribution in [0.2, 0.25) is 0 Å². The number of halogens is 3. The van der Waals surface area contributed by atoms with Crippen molar-refractivity contribution >= 4 is 17.3 Å². The van der Waals surface area contributed by atoms with Crippen LogP contribution >= 0.6 is 0 Å². The summed E-state index contributed by atoms with van der Waals surface area (Å²) < 4.78 is 38.0. The fourth-order valence-electron chi connectivity index (χ4n) is 2.13. The van der Waals surface area contributed by atoms with Gasteiger partial charge >= 0.3 is 6.18 Å². The van der Waals surface area contributed by atoms with Crippen LogP contribution in [-0.2, 0) is 11.0 Å². The number of alkyl halides is 3. The zero-order valence-electron chi connectivity index (χ0n) is 10.1. The van der Waals surface area contributed by atoms with Crippen LogP contribution in [0.5, 0.6) is 0 Å². The van der Waals surface area contributed by atoms with Gasteiger partial charge in [-0.3, -0.25) is 4.79 Å². The molecular weight excluding hydrogens is 259 g/mol. The molecule has 0 saturated carbocycles. The van der Waals surface area contributed by atoms with Crippen molar-refractivity contribution in [2.24, 2.45) is 11.7 Å². The molecule has 4 nitrogen and oxygen atoms in total. The highest BCUT2D eigenvalue weighted by Crippen LogP contribution is 2.36. The van der Waals surface area contributed by atoms with Gasteiger partial charge in [-0.15, -0.1) is 0 Å². The van der Waals surface area contributed by atoms with Gasteiger partial charge in [-0.1, -0.05) is 0 Å². The number of benzene rings is 1. The molecule has 4 N–H and O–H groups in total. The normalized spacial score (nSPS) is 20.1. The van der Waals surface area contributed by atoms with E-state index in [4.69, 9.17) is 11.5 Å². The maximum Gasteiger partial charge on any atom is 0.416 e. The van der Waals surface area contributed by atoms with Gasteiger partial charge in [0.15, 0.2) is 0 Å². The third kappa shape index (κ3) is 2.65. The summed E-state index contributed by atoms with van der Waals surface area (Å²) >= 11 is 0. The first-order valence-corrected chi connectivity index (χ1v) is 5.80. The number of amides is 1. The maximum absolute atomic E-state index is 12.7. The van der Waals surface area contributed by atoms with Crippen molar-refractivity contribution in [3.63, 3.8) is 0 Å². The number of anilines is 2. The van der Waals surface area contributed by atoms with E-state index in [9.17, 15) is 18.0 Å². The number of carbonyl (C=O) groups is 1. The highest BCUT2D eigenvalue weighted by Gasteiger charge is 2.34. The molecule has 0 radical (unpaired) electrons. The predicted octanol–water partition coefficient (Wildman–Crippen LogP) is 1.60. The van der Waals surface area contributed by atoms with Gasteiger partial charge in [-0.25, -0.2) is 0 Å². The Kier molecular flexibility index (Phi) is 3.40. The number of hydrogen-bond acceptors (Lipinski definition) is 3. The minimum absolute atomic E-state index is 0.0403. The molecule has 1 unspecified atom stereocenters. The van der Waals surface area contributed by atoms with Gasteiger partial charge in [0.05, 0.1) is 16.9 Å². The Bertz CT molecular complexity index is 501. The summed E-state index contributed by atoms with van der Waals surface area (Å²) in [6, 6.07) is 2.98. The second kappa shape index (κ2) is 4.73. The molecule has 7 heteroatoms. The fourth-order valence-corrected chi connectivity index (χ4v) is 2.13. The molecule has 0 spiro atoms. The van der Waals surface area contributed by atoms with E-state index < -0.39 is 11.7 Å². The molecule has 1 saturated heterocycles. The van der Waals surface area contributed by atoms with Crippen LogP contribution in [0.3, 0.4) is 0 Å².